The Morgan fingerprint density at radius 2 is 2.10 bits per heavy atom. The molecule has 0 aromatic heterocycles. The first-order chi connectivity index (χ1) is 4.93. The van der Waals surface area contributed by atoms with Crippen LogP contribution in [-0.4, -0.2) is 12.3 Å². The fourth-order valence-corrected chi connectivity index (χ4v) is 1.77. The van der Waals surface area contributed by atoms with Crippen LogP contribution in [0.1, 0.15) is 6.42 Å². The molecule has 2 aliphatic carbocycles. The first kappa shape index (κ1) is 4.67. The van der Waals surface area contributed by atoms with Gasteiger partial charge in [-0.25, -0.2) is 0 Å². The highest BCUT2D eigenvalue weighted by Gasteiger charge is 2.25. The van der Waals surface area contributed by atoms with E-state index in [4.69, 9.17) is 0 Å². The van der Waals surface area contributed by atoms with Gasteiger partial charge in [-0.05, 0) is 22.8 Å². The van der Waals surface area contributed by atoms with E-state index in [0.717, 1.165) is 13.0 Å². The lowest BCUT2D eigenvalue weighted by atomic mass is 10.1. The molecule has 0 atom stereocenters. The molecule has 48 valence electrons. The van der Waals surface area contributed by atoms with Crippen LogP contribution in [0.25, 0.3) is 0 Å². The maximum Gasteiger partial charge on any atom is 0.0649 e. The van der Waals surface area contributed by atoms with Crippen molar-refractivity contribution in [2.24, 2.45) is 4.99 Å². The molecule has 0 saturated heterocycles. The summed E-state index contributed by atoms with van der Waals surface area (Å²) >= 11 is 0. The van der Waals surface area contributed by atoms with Gasteiger partial charge in [0.15, 0.2) is 0 Å². The van der Waals surface area contributed by atoms with Crippen molar-refractivity contribution in [3.05, 3.63) is 34.9 Å². The van der Waals surface area contributed by atoms with Crippen LogP contribution in [0.2, 0.25) is 0 Å². The second kappa shape index (κ2) is 1.31. The van der Waals surface area contributed by atoms with Crippen molar-refractivity contribution in [1.29, 1.82) is 0 Å². The van der Waals surface area contributed by atoms with Gasteiger partial charge in [0.05, 0.1) is 6.54 Å². The second-order valence-electron chi connectivity index (χ2n) is 2.93. The highest BCUT2D eigenvalue weighted by Crippen LogP contribution is 2.37. The van der Waals surface area contributed by atoms with Crippen LogP contribution in [0.15, 0.2) is 39.9 Å². The van der Waals surface area contributed by atoms with E-state index in [1.54, 1.807) is 0 Å². The van der Waals surface area contributed by atoms with Crippen LogP contribution >= 0.6 is 0 Å². The summed E-state index contributed by atoms with van der Waals surface area (Å²) in [5.41, 5.74) is 5.63. The van der Waals surface area contributed by atoms with E-state index >= 15 is 0 Å². The molecule has 1 aliphatic heterocycles. The molecular weight excluding hydrogens is 122 g/mol. The summed E-state index contributed by atoms with van der Waals surface area (Å²) in [4.78, 5) is 4.40. The minimum absolute atomic E-state index is 0.918. The maximum atomic E-state index is 4.40. The number of hydrogen-bond donors (Lipinski definition) is 0. The topological polar surface area (TPSA) is 12.4 Å². The minimum Gasteiger partial charge on any atom is -0.285 e. The molecule has 2 bridgehead atoms. The summed E-state index contributed by atoms with van der Waals surface area (Å²) in [6.45, 7) is 0.918. The van der Waals surface area contributed by atoms with Crippen LogP contribution in [0.3, 0.4) is 0 Å². The van der Waals surface area contributed by atoms with Gasteiger partial charge in [0.25, 0.3) is 0 Å². The minimum atomic E-state index is 0.918. The van der Waals surface area contributed by atoms with E-state index in [2.05, 4.69) is 23.2 Å². The number of hydrogen-bond acceptors (Lipinski definition) is 1. The van der Waals surface area contributed by atoms with Crippen LogP contribution in [-0.2, 0) is 0 Å². The molecule has 1 heteroatoms. The van der Waals surface area contributed by atoms with E-state index in [9.17, 15) is 0 Å². The summed E-state index contributed by atoms with van der Waals surface area (Å²) in [5, 5.41) is 0. The third kappa shape index (κ3) is 0.386. The van der Waals surface area contributed by atoms with Crippen LogP contribution in [0.4, 0.5) is 0 Å². The Morgan fingerprint density at radius 1 is 1.20 bits per heavy atom. The fraction of sp³-hybridized carbons (Fsp3) is 0.222. The molecule has 0 fully saturated rings. The van der Waals surface area contributed by atoms with Crippen molar-refractivity contribution in [1.82, 2.24) is 0 Å². The first-order valence-corrected chi connectivity index (χ1v) is 3.59. The van der Waals surface area contributed by atoms with Gasteiger partial charge in [0.1, 0.15) is 0 Å². The molecule has 1 nitrogen and oxygen atoms in total. The molecule has 0 aromatic rings. The molecule has 0 aromatic carbocycles. The van der Waals surface area contributed by atoms with Gasteiger partial charge in [0, 0.05) is 12.1 Å². The van der Waals surface area contributed by atoms with E-state index in [0.29, 0.717) is 0 Å². The molecule has 10 heavy (non-hydrogen) atoms. The average Bonchev–Trinajstić information content (AvgIpc) is 2.38. The zero-order valence-electron chi connectivity index (χ0n) is 5.59. The van der Waals surface area contributed by atoms with Gasteiger partial charge in [-0.15, -0.1) is 0 Å². The van der Waals surface area contributed by atoms with Crippen molar-refractivity contribution >= 4 is 5.71 Å². The zero-order valence-corrected chi connectivity index (χ0v) is 5.59. The lowest BCUT2D eigenvalue weighted by molar-refractivity contribution is 1.16. The predicted molar refractivity (Wildman–Crippen MR) is 41.2 cm³/mol. The van der Waals surface area contributed by atoms with Crippen LogP contribution in [0, 0.1) is 0 Å². The fourth-order valence-electron chi connectivity index (χ4n) is 1.77. The Bertz CT molecular complexity index is 313. The molecule has 0 radical (unpaired) electrons. The molecule has 0 N–H and O–H groups in total. The van der Waals surface area contributed by atoms with Crippen molar-refractivity contribution in [3.8, 4) is 0 Å². The normalized spacial score (nSPS) is 25.6. The third-order valence-corrected chi connectivity index (χ3v) is 2.31. The van der Waals surface area contributed by atoms with Crippen molar-refractivity contribution in [2.45, 2.75) is 6.42 Å². The highest BCUT2D eigenvalue weighted by molar-refractivity contribution is 6.05. The van der Waals surface area contributed by atoms with E-state index in [1.807, 2.05) is 0 Å². The molecule has 0 amide bonds. The molecule has 3 rings (SSSR count). The van der Waals surface area contributed by atoms with E-state index in [1.165, 1.54) is 22.4 Å². The van der Waals surface area contributed by atoms with Gasteiger partial charge in [-0.2, -0.15) is 0 Å². The first-order valence-electron chi connectivity index (χ1n) is 3.59. The zero-order chi connectivity index (χ0) is 6.55. The van der Waals surface area contributed by atoms with Gasteiger partial charge in [-0.3, -0.25) is 4.99 Å². The van der Waals surface area contributed by atoms with Crippen LogP contribution < -0.4 is 0 Å². The number of rotatable bonds is 0. The molecule has 1 heterocycles. The van der Waals surface area contributed by atoms with Crippen LogP contribution in [0.5, 0.6) is 0 Å². The quantitative estimate of drug-likeness (QED) is 0.471. The van der Waals surface area contributed by atoms with Crippen molar-refractivity contribution in [2.75, 3.05) is 6.54 Å². The number of aliphatic imine (C=N–C) groups is 1. The van der Waals surface area contributed by atoms with Gasteiger partial charge >= 0.3 is 0 Å². The number of dihydropyridines is 1. The summed E-state index contributed by atoms with van der Waals surface area (Å²) in [5.74, 6) is 0. The maximum absolute atomic E-state index is 4.40. The Labute approximate surface area is 59.5 Å². The SMILES string of the molecule is C1=C2CN=C3C=C2C(=C1)C3. The number of fused-ring (bicyclic) bond motifs is 1. The van der Waals surface area contributed by atoms with Gasteiger partial charge in [-0.1, -0.05) is 12.2 Å². The second-order valence-corrected chi connectivity index (χ2v) is 2.93. The number of allylic oxidation sites excluding steroid dienone is 4. The van der Waals surface area contributed by atoms with Crippen molar-refractivity contribution in [3.63, 3.8) is 0 Å². The van der Waals surface area contributed by atoms with E-state index < -0.39 is 0 Å². The number of nitrogens with zero attached hydrogens (tertiary/aromatic N) is 1. The Morgan fingerprint density at radius 3 is 3.10 bits per heavy atom. The third-order valence-electron chi connectivity index (χ3n) is 2.31. The largest absolute Gasteiger partial charge is 0.285 e. The molecule has 0 unspecified atom stereocenters. The average molecular weight is 129 g/mol. The summed E-state index contributed by atoms with van der Waals surface area (Å²) in [7, 11) is 0. The lowest BCUT2D eigenvalue weighted by Crippen LogP contribution is -1.96. The summed E-state index contributed by atoms with van der Waals surface area (Å²) in [6, 6.07) is 0. The Balaban J connectivity index is 2.35. The monoisotopic (exact) mass is 129 g/mol. The smallest absolute Gasteiger partial charge is 0.0649 e. The van der Waals surface area contributed by atoms with E-state index in [-0.39, 0.29) is 0 Å². The van der Waals surface area contributed by atoms with Crippen molar-refractivity contribution < 1.29 is 0 Å². The molecular formula is C9H7N. The lowest BCUT2D eigenvalue weighted by Gasteiger charge is -2.02. The Kier molecular flexibility index (Phi) is 0.613. The summed E-state index contributed by atoms with van der Waals surface area (Å²) < 4.78 is 0. The Hall–Kier alpha value is -1.11. The molecule has 3 aliphatic rings. The predicted octanol–water partition coefficient (Wildman–Crippen LogP) is 1.64. The standard InChI is InChI=1S/C9H7N/c1-2-7-5-10-8-3-6(1)9(7)4-8/h1-2,4H,3,5H2. The van der Waals surface area contributed by atoms with Gasteiger partial charge < -0.3 is 0 Å². The molecule has 0 spiro atoms. The van der Waals surface area contributed by atoms with Gasteiger partial charge in [0.2, 0.25) is 0 Å². The summed E-state index contributed by atoms with van der Waals surface area (Å²) in [6.07, 6.45) is 7.72. The molecule has 0 saturated carbocycles. The highest BCUT2D eigenvalue weighted by atomic mass is 14.8.